The van der Waals surface area contributed by atoms with E-state index in [-0.39, 0.29) is 36.0 Å². The molecule has 1 aliphatic heterocycles. The Morgan fingerprint density at radius 1 is 1.19 bits per heavy atom. The minimum atomic E-state index is -4.60. The molecule has 2 fully saturated rings. The molecule has 1 amide bonds. The lowest BCUT2D eigenvalue weighted by Crippen LogP contribution is -2.55. The van der Waals surface area contributed by atoms with Crippen LogP contribution in [-0.4, -0.2) is 61.8 Å². The zero-order valence-electron chi connectivity index (χ0n) is 14.9. The molecular formula is C17H22F3N3O3S. The van der Waals surface area contributed by atoms with Gasteiger partial charge in [-0.25, -0.2) is 8.42 Å². The van der Waals surface area contributed by atoms with E-state index in [9.17, 15) is 26.4 Å². The molecule has 1 saturated carbocycles. The van der Waals surface area contributed by atoms with Gasteiger partial charge >= 0.3 is 6.18 Å². The van der Waals surface area contributed by atoms with Crippen LogP contribution < -0.4 is 5.32 Å². The van der Waals surface area contributed by atoms with Crippen molar-refractivity contribution in [2.75, 3.05) is 26.2 Å². The minimum absolute atomic E-state index is 0.0771. The van der Waals surface area contributed by atoms with Crippen LogP contribution in [0.5, 0.6) is 0 Å². The number of amides is 1. The second kappa shape index (κ2) is 7.40. The number of nitrogens with one attached hydrogen (secondary N) is 1. The Morgan fingerprint density at radius 2 is 1.81 bits per heavy atom. The summed E-state index contributed by atoms with van der Waals surface area (Å²) in [5.41, 5.74) is -0.993. The van der Waals surface area contributed by atoms with E-state index in [4.69, 9.17) is 0 Å². The molecule has 0 radical (unpaired) electrons. The summed E-state index contributed by atoms with van der Waals surface area (Å²) >= 11 is 0. The van der Waals surface area contributed by atoms with Gasteiger partial charge in [-0.05, 0) is 38.0 Å². The van der Waals surface area contributed by atoms with Crippen LogP contribution in [0.25, 0.3) is 0 Å². The first kappa shape index (κ1) is 20.1. The molecule has 0 spiro atoms. The van der Waals surface area contributed by atoms with Crippen LogP contribution in [0, 0.1) is 0 Å². The van der Waals surface area contributed by atoms with E-state index in [1.54, 1.807) is 6.92 Å². The first-order valence-corrected chi connectivity index (χ1v) is 10.2. The molecule has 150 valence electrons. The van der Waals surface area contributed by atoms with Gasteiger partial charge in [-0.2, -0.15) is 17.5 Å². The smallest absolute Gasteiger partial charge is 0.352 e. The van der Waals surface area contributed by atoms with E-state index in [2.05, 4.69) is 5.32 Å². The van der Waals surface area contributed by atoms with Crippen molar-refractivity contribution in [3.05, 3.63) is 29.8 Å². The number of sulfonamides is 1. The van der Waals surface area contributed by atoms with E-state index in [1.165, 1.54) is 10.4 Å². The van der Waals surface area contributed by atoms with Gasteiger partial charge in [-0.15, -0.1) is 0 Å². The number of hydrogen-bond acceptors (Lipinski definition) is 4. The molecule has 0 unspecified atom stereocenters. The molecule has 1 N–H and O–H groups in total. The van der Waals surface area contributed by atoms with Crippen molar-refractivity contribution >= 4 is 15.9 Å². The Balaban J connectivity index is 1.65. The molecule has 1 aromatic rings. The predicted molar refractivity (Wildman–Crippen MR) is 92.4 cm³/mol. The quantitative estimate of drug-likeness (QED) is 0.809. The number of halogens is 3. The van der Waals surface area contributed by atoms with Crippen molar-refractivity contribution in [2.24, 2.45) is 0 Å². The molecule has 3 rings (SSSR count). The number of carbonyl (C=O) groups is 1. The van der Waals surface area contributed by atoms with E-state index in [0.717, 1.165) is 25.0 Å². The Kier molecular flexibility index (Phi) is 5.51. The Labute approximate surface area is 156 Å². The van der Waals surface area contributed by atoms with Gasteiger partial charge in [0.05, 0.1) is 16.5 Å². The topological polar surface area (TPSA) is 69.7 Å². The maximum absolute atomic E-state index is 12.9. The van der Waals surface area contributed by atoms with Crippen LogP contribution >= 0.6 is 0 Å². The van der Waals surface area contributed by atoms with E-state index >= 15 is 0 Å². The molecule has 1 saturated heterocycles. The van der Waals surface area contributed by atoms with E-state index < -0.39 is 21.8 Å². The minimum Gasteiger partial charge on any atom is -0.352 e. The summed E-state index contributed by atoms with van der Waals surface area (Å²) in [5.74, 6) is -0.0771. The third-order valence-corrected chi connectivity index (χ3v) is 6.82. The second-order valence-electron chi connectivity index (χ2n) is 6.92. The van der Waals surface area contributed by atoms with Gasteiger partial charge in [0.2, 0.25) is 15.9 Å². The molecule has 1 heterocycles. The van der Waals surface area contributed by atoms with Gasteiger partial charge in [-0.3, -0.25) is 9.69 Å². The number of piperazine rings is 1. The molecule has 1 aliphatic carbocycles. The van der Waals surface area contributed by atoms with Gasteiger partial charge in [0.15, 0.2) is 0 Å². The number of hydrogen-bond donors (Lipinski definition) is 1. The molecule has 27 heavy (non-hydrogen) atoms. The van der Waals surface area contributed by atoms with Crippen LogP contribution in [-0.2, 0) is 21.0 Å². The molecular weight excluding hydrogens is 383 g/mol. The van der Waals surface area contributed by atoms with Gasteiger partial charge in [-0.1, -0.05) is 6.07 Å². The fourth-order valence-corrected chi connectivity index (χ4v) is 4.50. The molecule has 1 atom stereocenters. The van der Waals surface area contributed by atoms with Crippen molar-refractivity contribution in [3.63, 3.8) is 0 Å². The molecule has 10 heteroatoms. The Hall–Kier alpha value is -1.65. The summed E-state index contributed by atoms with van der Waals surface area (Å²) in [7, 11) is -4.02. The summed E-state index contributed by atoms with van der Waals surface area (Å²) in [4.78, 5) is 13.6. The Morgan fingerprint density at radius 3 is 2.37 bits per heavy atom. The lowest BCUT2D eigenvalue weighted by atomic mass is 10.2. The molecule has 6 nitrogen and oxygen atoms in total. The first-order valence-electron chi connectivity index (χ1n) is 8.81. The lowest BCUT2D eigenvalue weighted by Gasteiger charge is -2.36. The highest BCUT2D eigenvalue weighted by Crippen LogP contribution is 2.31. The highest BCUT2D eigenvalue weighted by atomic mass is 32.2. The van der Waals surface area contributed by atoms with Crippen molar-refractivity contribution < 1.29 is 26.4 Å². The second-order valence-corrected chi connectivity index (χ2v) is 8.86. The number of alkyl halides is 3. The van der Waals surface area contributed by atoms with Crippen molar-refractivity contribution in [2.45, 2.75) is 42.9 Å². The van der Waals surface area contributed by atoms with Crippen LogP contribution in [0.3, 0.4) is 0 Å². The normalized spacial score (nSPS) is 21.0. The van der Waals surface area contributed by atoms with Crippen molar-refractivity contribution in [3.8, 4) is 0 Å². The first-order chi connectivity index (χ1) is 12.6. The molecule has 0 aromatic heterocycles. The largest absolute Gasteiger partial charge is 0.416 e. The van der Waals surface area contributed by atoms with E-state index in [0.29, 0.717) is 19.2 Å². The molecule has 1 aromatic carbocycles. The zero-order valence-corrected chi connectivity index (χ0v) is 15.7. The van der Waals surface area contributed by atoms with Crippen molar-refractivity contribution in [1.29, 1.82) is 0 Å². The van der Waals surface area contributed by atoms with Gasteiger partial charge in [0.1, 0.15) is 0 Å². The zero-order chi connectivity index (χ0) is 19.8. The van der Waals surface area contributed by atoms with E-state index in [1.807, 2.05) is 4.90 Å². The number of rotatable bonds is 5. The third-order valence-electron chi connectivity index (χ3n) is 4.92. The Bertz CT molecular complexity index is 801. The summed E-state index contributed by atoms with van der Waals surface area (Å²) in [6, 6.07) is 3.65. The van der Waals surface area contributed by atoms with Crippen LogP contribution in [0.1, 0.15) is 25.3 Å². The monoisotopic (exact) mass is 405 g/mol. The third kappa shape index (κ3) is 4.61. The maximum Gasteiger partial charge on any atom is 0.416 e. The summed E-state index contributed by atoms with van der Waals surface area (Å²) in [6.45, 7) is 2.71. The number of benzene rings is 1. The predicted octanol–water partition coefficient (Wildman–Crippen LogP) is 1.68. The summed E-state index contributed by atoms with van der Waals surface area (Å²) in [5, 5.41) is 2.92. The van der Waals surface area contributed by atoms with Crippen molar-refractivity contribution in [1.82, 2.24) is 14.5 Å². The average molecular weight is 405 g/mol. The van der Waals surface area contributed by atoms with Gasteiger partial charge in [0.25, 0.3) is 0 Å². The number of nitrogens with zero attached hydrogens (tertiary/aromatic N) is 2. The van der Waals surface area contributed by atoms with Crippen LogP contribution in [0.4, 0.5) is 13.2 Å². The standard InChI is InChI=1S/C17H22F3N3O3S/c1-12(16(24)21-14-5-6-14)22-7-9-23(10-8-22)27(25,26)15-4-2-3-13(11-15)17(18,19)20/h2-4,11-12,14H,5-10H2,1H3,(H,21,24)/t12-/m1/s1. The summed E-state index contributed by atoms with van der Waals surface area (Å²) < 4.78 is 65.1. The average Bonchev–Trinajstić information content (AvgIpc) is 3.44. The summed E-state index contributed by atoms with van der Waals surface area (Å²) in [6.07, 6.45) is -2.63. The van der Waals surface area contributed by atoms with Gasteiger partial charge < -0.3 is 5.32 Å². The highest BCUT2D eigenvalue weighted by molar-refractivity contribution is 7.89. The maximum atomic E-state index is 12.9. The van der Waals surface area contributed by atoms with Crippen LogP contribution in [0.2, 0.25) is 0 Å². The fourth-order valence-electron chi connectivity index (χ4n) is 3.03. The molecule has 2 aliphatic rings. The number of carbonyl (C=O) groups excluding carboxylic acids is 1. The SMILES string of the molecule is C[C@H](C(=O)NC1CC1)N1CCN(S(=O)(=O)c2cccc(C(F)(F)F)c2)CC1. The van der Waals surface area contributed by atoms with Gasteiger partial charge in [0, 0.05) is 32.2 Å². The van der Waals surface area contributed by atoms with Crippen LogP contribution in [0.15, 0.2) is 29.2 Å². The lowest BCUT2D eigenvalue weighted by molar-refractivity contribution is -0.137. The highest BCUT2D eigenvalue weighted by Gasteiger charge is 2.35. The molecule has 0 bridgehead atoms. The fraction of sp³-hybridized carbons (Fsp3) is 0.588.